The maximum Gasteiger partial charge on any atom is 0.453 e. The molecule has 11 N–H and O–H groups in total. The summed E-state index contributed by atoms with van der Waals surface area (Å²) in [6.45, 7) is 0. The minimum absolute atomic E-state index is 0.507. The topological polar surface area (TPSA) is 233 Å². The second-order valence-electron chi connectivity index (χ2n) is 7.18. The fourth-order valence-corrected chi connectivity index (χ4v) is 3.67. The van der Waals surface area contributed by atoms with Crippen molar-refractivity contribution in [3.05, 3.63) is 5.56 Å². The lowest BCUT2D eigenvalue weighted by Gasteiger charge is -2.34. The summed E-state index contributed by atoms with van der Waals surface area (Å²) in [4.78, 5) is 0. The molecule has 29 heavy (non-hydrogen) atoms. The van der Waals surface area contributed by atoms with Crippen LogP contribution in [0.5, 0.6) is 28.7 Å². The Morgan fingerprint density at radius 1 is 0.897 bits per heavy atom. The van der Waals surface area contributed by atoms with Crippen LogP contribution in [0.3, 0.4) is 0 Å². The van der Waals surface area contributed by atoms with Crippen molar-refractivity contribution >= 4 is 0 Å². The van der Waals surface area contributed by atoms with Crippen molar-refractivity contribution in [1.82, 2.24) is 5.32 Å². The Hall–Kier alpha value is -2.10. The SMILES string of the molecule is Oc1c(O)c(C2(O)CC(O)NC2(O)O)c(O)c(OC2CCCC2)c1OC(O)(O)O. The van der Waals surface area contributed by atoms with E-state index < -0.39 is 70.7 Å². The number of hydrogen-bond acceptors (Lipinski definition) is 13. The van der Waals surface area contributed by atoms with Crippen LogP contribution in [0.2, 0.25) is 0 Å². The van der Waals surface area contributed by atoms with Crippen molar-refractivity contribution in [2.75, 3.05) is 0 Å². The van der Waals surface area contributed by atoms with Crippen molar-refractivity contribution in [2.45, 2.75) is 62.1 Å². The number of rotatable bonds is 5. The molecule has 2 fully saturated rings. The van der Waals surface area contributed by atoms with Crippen LogP contribution in [-0.2, 0) is 5.60 Å². The summed E-state index contributed by atoms with van der Waals surface area (Å²) in [6, 6.07) is 0. The molecule has 164 valence electrons. The van der Waals surface area contributed by atoms with Crippen molar-refractivity contribution in [1.29, 1.82) is 0 Å². The maximum absolute atomic E-state index is 10.8. The number of aromatic hydroxyl groups is 3. The summed E-state index contributed by atoms with van der Waals surface area (Å²) >= 11 is 0. The molecule has 1 aromatic rings. The smallest absolute Gasteiger partial charge is 0.453 e. The number of phenolic OH excluding ortho intramolecular Hbond substituents is 3. The highest BCUT2D eigenvalue weighted by atomic mass is 16.9. The molecule has 1 heterocycles. The van der Waals surface area contributed by atoms with E-state index in [1.807, 2.05) is 5.32 Å². The summed E-state index contributed by atoms with van der Waals surface area (Å²) in [5.74, 6) is -8.98. The molecule has 2 atom stereocenters. The Balaban J connectivity index is 2.21. The van der Waals surface area contributed by atoms with Gasteiger partial charge in [-0.05, 0) is 25.7 Å². The molecule has 2 aliphatic rings. The predicted molar refractivity (Wildman–Crippen MR) is 89.2 cm³/mol. The van der Waals surface area contributed by atoms with Gasteiger partial charge in [-0.15, -0.1) is 0 Å². The van der Waals surface area contributed by atoms with Gasteiger partial charge in [-0.1, -0.05) is 0 Å². The van der Waals surface area contributed by atoms with Crippen molar-refractivity contribution in [3.63, 3.8) is 0 Å². The lowest BCUT2D eigenvalue weighted by Crippen LogP contribution is -2.55. The lowest BCUT2D eigenvalue weighted by atomic mass is 9.86. The zero-order valence-corrected chi connectivity index (χ0v) is 15.0. The van der Waals surface area contributed by atoms with E-state index in [0.717, 1.165) is 12.8 Å². The van der Waals surface area contributed by atoms with Crippen molar-refractivity contribution in [2.24, 2.45) is 0 Å². The summed E-state index contributed by atoms with van der Waals surface area (Å²) in [6.07, 6.45) is -4.36. The normalized spacial score (nSPS) is 27.3. The summed E-state index contributed by atoms with van der Waals surface area (Å²) in [7, 11) is 0. The fraction of sp³-hybridized carbons (Fsp3) is 0.625. The first-order valence-electron chi connectivity index (χ1n) is 8.74. The Kier molecular flexibility index (Phi) is 5.21. The molecule has 2 unspecified atom stereocenters. The zero-order chi connectivity index (χ0) is 21.8. The predicted octanol–water partition coefficient (Wildman–Crippen LogP) is -2.77. The number of ether oxygens (including phenoxy) is 2. The third kappa shape index (κ3) is 3.74. The van der Waals surface area contributed by atoms with E-state index in [-0.39, 0.29) is 0 Å². The Morgan fingerprint density at radius 2 is 1.48 bits per heavy atom. The average Bonchev–Trinajstić information content (AvgIpc) is 3.13. The minimum atomic E-state index is -3.84. The van der Waals surface area contributed by atoms with Crippen LogP contribution < -0.4 is 14.8 Å². The van der Waals surface area contributed by atoms with E-state index in [9.17, 15) is 35.7 Å². The molecule has 1 aliphatic heterocycles. The number of benzene rings is 1. The highest BCUT2D eigenvalue weighted by Gasteiger charge is 2.60. The number of phenols is 3. The van der Waals surface area contributed by atoms with Crippen molar-refractivity contribution in [3.8, 4) is 28.7 Å². The minimum Gasteiger partial charge on any atom is -0.504 e. The number of aliphatic hydroxyl groups is 7. The molecule has 13 nitrogen and oxygen atoms in total. The van der Waals surface area contributed by atoms with E-state index >= 15 is 0 Å². The quantitative estimate of drug-likeness (QED) is 0.131. The first kappa shape index (κ1) is 21.6. The van der Waals surface area contributed by atoms with Crippen LogP contribution >= 0.6 is 0 Å². The Morgan fingerprint density at radius 3 is 1.97 bits per heavy atom. The summed E-state index contributed by atoms with van der Waals surface area (Å²) in [5, 5.41) is 101. The third-order valence-electron chi connectivity index (χ3n) is 5.01. The summed E-state index contributed by atoms with van der Waals surface area (Å²) < 4.78 is 9.88. The molecule has 0 spiro atoms. The van der Waals surface area contributed by atoms with E-state index in [1.54, 1.807) is 0 Å². The third-order valence-corrected chi connectivity index (χ3v) is 5.01. The van der Waals surface area contributed by atoms with Gasteiger partial charge in [0, 0.05) is 6.42 Å². The first-order valence-corrected chi connectivity index (χ1v) is 8.74. The molecule has 1 saturated carbocycles. The zero-order valence-electron chi connectivity index (χ0n) is 15.0. The second-order valence-corrected chi connectivity index (χ2v) is 7.18. The lowest BCUT2D eigenvalue weighted by molar-refractivity contribution is -0.420. The average molecular weight is 421 g/mol. The molecule has 0 radical (unpaired) electrons. The van der Waals surface area contributed by atoms with Gasteiger partial charge in [0.15, 0.2) is 17.1 Å². The first-order chi connectivity index (χ1) is 13.3. The molecule has 0 aromatic heterocycles. The van der Waals surface area contributed by atoms with Crippen LogP contribution in [-0.4, -0.2) is 75.5 Å². The molecule has 0 amide bonds. The monoisotopic (exact) mass is 421 g/mol. The Labute approximate surface area is 163 Å². The van der Waals surface area contributed by atoms with Gasteiger partial charge in [-0.25, -0.2) is 5.32 Å². The molecule has 1 saturated heterocycles. The highest BCUT2D eigenvalue weighted by molar-refractivity contribution is 5.70. The molecule has 3 rings (SSSR count). The van der Waals surface area contributed by atoms with Crippen LogP contribution in [0.4, 0.5) is 0 Å². The van der Waals surface area contributed by atoms with Crippen LogP contribution in [0, 0.1) is 0 Å². The van der Waals surface area contributed by atoms with Gasteiger partial charge in [0.25, 0.3) is 5.91 Å². The van der Waals surface area contributed by atoms with Crippen LogP contribution in [0.25, 0.3) is 0 Å². The van der Waals surface area contributed by atoms with Crippen LogP contribution in [0.1, 0.15) is 37.7 Å². The van der Waals surface area contributed by atoms with E-state index in [4.69, 9.17) is 20.1 Å². The van der Waals surface area contributed by atoms with Crippen LogP contribution in [0.15, 0.2) is 0 Å². The Bertz CT molecular complexity index is 785. The van der Waals surface area contributed by atoms with Gasteiger partial charge in [0.2, 0.25) is 17.2 Å². The van der Waals surface area contributed by atoms with Gasteiger partial charge in [-0.3, -0.25) is 0 Å². The molecular formula is C16H23NO12. The number of aliphatic hydroxyl groups excluding tert-OH is 1. The fourth-order valence-electron chi connectivity index (χ4n) is 3.67. The molecule has 0 bridgehead atoms. The van der Waals surface area contributed by atoms with E-state index in [1.165, 1.54) is 0 Å². The highest BCUT2D eigenvalue weighted by Crippen LogP contribution is 2.59. The van der Waals surface area contributed by atoms with Gasteiger partial charge >= 0.3 is 6.16 Å². The molecule has 13 heteroatoms. The van der Waals surface area contributed by atoms with Gasteiger partial charge < -0.3 is 60.5 Å². The van der Waals surface area contributed by atoms with Gasteiger partial charge in [0.1, 0.15) is 6.23 Å². The number of hydrogen-bond donors (Lipinski definition) is 11. The maximum atomic E-state index is 10.8. The molecular weight excluding hydrogens is 398 g/mol. The van der Waals surface area contributed by atoms with Crippen molar-refractivity contribution < 1.29 is 60.5 Å². The second kappa shape index (κ2) is 7.00. The molecule has 1 aliphatic carbocycles. The van der Waals surface area contributed by atoms with Gasteiger partial charge in [-0.2, -0.15) is 0 Å². The van der Waals surface area contributed by atoms with Gasteiger partial charge in [0.05, 0.1) is 11.7 Å². The molecule has 1 aromatic carbocycles. The standard InChI is InChI=1S/C16H23NO12/c18-7-5-14(22,15(23,24)17-7)8-9(19)11(21)13(29-16(25,26)27)12(10(8)20)28-6-3-1-2-4-6/h6-7,17-27H,1-5H2. The largest absolute Gasteiger partial charge is 0.504 e. The summed E-state index contributed by atoms with van der Waals surface area (Å²) in [5.41, 5.74) is -3.98. The number of nitrogens with one attached hydrogen (secondary N) is 1. The van der Waals surface area contributed by atoms with E-state index in [0.29, 0.717) is 12.8 Å². The van der Waals surface area contributed by atoms with E-state index in [2.05, 4.69) is 4.74 Å².